The molecule has 8 heteroatoms. The SMILES string of the molecule is C[C@@H]1C[C@H]2[C@@H]3C[C@H](Cl)C4=CC(=O)C=C[C@]4(C)[C@@]3(F)[C@@H](O)C[C@]2(C)[C@@]1(O)C(=O)COC(=O)C(C)(C)C. The third-order valence-corrected chi connectivity index (χ3v) is 10.00. The first kappa shape index (κ1) is 26.5. The van der Waals surface area contributed by atoms with E-state index >= 15 is 4.39 Å². The second kappa shape index (κ2) is 7.96. The lowest BCUT2D eigenvalue weighted by atomic mass is 9.44. The fourth-order valence-electron chi connectivity index (χ4n) is 7.59. The Labute approximate surface area is 210 Å². The summed E-state index contributed by atoms with van der Waals surface area (Å²) in [7, 11) is 0. The van der Waals surface area contributed by atoms with Gasteiger partial charge in [0.1, 0.15) is 5.60 Å². The number of ether oxygens (including phenoxy) is 1. The fourth-order valence-corrected chi connectivity index (χ4v) is 8.07. The molecule has 6 nitrogen and oxygen atoms in total. The van der Waals surface area contributed by atoms with Crippen molar-refractivity contribution in [2.75, 3.05) is 6.61 Å². The summed E-state index contributed by atoms with van der Waals surface area (Å²) in [5.74, 6) is -3.21. The summed E-state index contributed by atoms with van der Waals surface area (Å²) in [6.07, 6.45) is 3.08. The number of halogens is 2. The Kier molecular flexibility index (Phi) is 6.03. The maximum Gasteiger partial charge on any atom is 0.311 e. The van der Waals surface area contributed by atoms with E-state index in [1.807, 2.05) is 0 Å². The zero-order chi connectivity index (χ0) is 26.4. The van der Waals surface area contributed by atoms with Crippen molar-refractivity contribution in [3.63, 3.8) is 0 Å². The topological polar surface area (TPSA) is 101 Å². The number of hydrogen-bond donors (Lipinski definition) is 2. The van der Waals surface area contributed by atoms with E-state index in [4.69, 9.17) is 16.3 Å². The predicted molar refractivity (Wildman–Crippen MR) is 128 cm³/mol. The Morgan fingerprint density at radius 2 is 1.86 bits per heavy atom. The summed E-state index contributed by atoms with van der Waals surface area (Å²) >= 11 is 6.72. The van der Waals surface area contributed by atoms with E-state index in [0.29, 0.717) is 12.0 Å². The predicted octanol–water partition coefficient (Wildman–Crippen LogP) is 3.71. The first-order chi connectivity index (χ1) is 15.9. The van der Waals surface area contributed by atoms with Crippen molar-refractivity contribution in [2.24, 2.45) is 34.0 Å². The van der Waals surface area contributed by atoms with Gasteiger partial charge in [0.2, 0.25) is 5.78 Å². The van der Waals surface area contributed by atoms with Gasteiger partial charge in [-0.3, -0.25) is 14.4 Å². The van der Waals surface area contributed by atoms with Crippen LogP contribution in [0, 0.1) is 34.0 Å². The number of alkyl halides is 2. The second-order valence-electron chi connectivity index (χ2n) is 12.5. The number of ketones is 2. The molecule has 0 spiro atoms. The number of aliphatic hydroxyl groups is 2. The van der Waals surface area contributed by atoms with Crippen molar-refractivity contribution in [2.45, 2.75) is 83.6 Å². The summed E-state index contributed by atoms with van der Waals surface area (Å²) in [5, 5.41) is 22.7. The molecule has 0 aliphatic heterocycles. The lowest BCUT2D eigenvalue weighted by Crippen LogP contribution is -2.70. The quantitative estimate of drug-likeness (QED) is 0.443. The van der Waals surface area contributed by atoms with Crippen molar-refractivity contribution >= 4 is 29.1 Å². The van der Waals surface area contributed by atoms with Crippen LogP contribution in [0.15, 0.2) is 23.8 Å². The average Bonchev–Trinajstić information content (AvgIpc) is 2.96. The number of aliphatic hydroxyl groups excluding tert-OH is 1. The zero-order valence-electron chi connectivity index (χ0n) is 21.2. The van der Waals surface area contributed by atoms with E-state index in [1.165, 1.54) is 18.2 Å². The highest BCUT2D eigenvalue weighted by atomic mass is 35.5. The maximum absolute atomic E-state index is 17.3. The number of carbonyl (C=O) groups excluding carboxylic acids is 3. The molecule has 4 rings (SSSR count). The molecule has 0 aromatic heterocycles. The molecule has 3 fully saturated rings. The van der Waals surface area contributed by atoms with Crippen LogP contribution in [-0.4, -0.2) is 57.1 Å². The number of hydrogen-bond acceptors (Lipinski definition) is 6. The molecule has 35 heavy (non-hydrogen) atoms. The van der Waals surface area contributed by atoms with Gasteiger partial charge >= 0.3 is 5.97 Å². The van der Waals surface area contributed by atoms with Crippen LogP contribution in [0.1, 0.15) is 60.8 Å². The minimum absolute atomic E-state index is 0.151. The highest BCUT2D eigenvalue weighted by Gasteiger charge is 2.76. The Bertz CT molecular complexity index is 1030. The fraction of sp³-hybridized carbons (Fsp3) is 0.741. The van der Waals surface area contributed by atoms with Crippen molar-refractivity contribution in [1.82, 2.24) is 0 Å². The molecular formula is C27H36ClFO6. The van der Waals surface area contributed by atoms with Crippen molar-refractivity contribution < 1.29 is 33.7 Å². The zero-order valence-corrected chi connectivity index (χ0v) is 22.0. The van der Waals surface area contributed by atoms with E-state index in [1.54, 1.807) is 41.5 Å². The molecule has 0 aromatic carbocycles. The van der Waals surface area contributed by atoms with Crippen LogP contribution in [0.2, 0.25) is 0 Å². The van der Waals surface area contributed by atoms with Gasteiger partial charge in [-0.15, -0.1) is 11.6 Å². The Morgan fingerprint density at radius 1 is 1.23 bits per heavy atom. The molecule has 0 heterocycles. The Morgan fingerprint density at radius 3 is 2.46 bits per heavy atom. The van der Waals surface area contributed by atoms with Crippen molar-refractivity contribution in [1.29, 1.82) is 0 Å². The lowest BCUT2D eigenvalue weighted by molar-refractivity contribution is -0.219. The lowest BCUT2D eigenvalue weighted by Gasteiger charge is -2.63. The first-order valence-electron chi connectivity index (χ1n) is 12.3. The van der Waals surface area contributed by atoms with Gasteiger partial charge in [-0.2, -0.15) is 0 Å². The molecule has 0 unspecified atom stereocenters. The first-order valence-corrected chi connectivity index (χ1v) is 12.8. The van der Waals surface area contributed by atoms with E-state index in [-0.39, 0.29) is 18.6 Å². The summed E-state index contributed by atoms with van der Waals surface area (Å²) in [6.45, 7) is 9.56. The maximum atomic E-state index is 17.3. The van der Waals surface area contributed by atoms with Gasteiger partial charge in [0.25, 0.3) is 0 Å². The van der Waals surface area contributed by atoms with Gasteiger partial charge < -0.3 is 14.9 Å². The minimum Gasteiger partial charge on any atom is -0.457 e. The molecule has 0 aromatic rings. The molecule has 4 aliphatic carbocycles. The number of esters is 1. The molecule has 0 saturated heterocycles. The average molecular weight is 511 g/mol. The Hall–Kier alpha value is -1.57. The molecule has 3 saturated carbocycles. The van der Waals surface area contributed by atoms with Crippen molar-refractivity contribution in [3.05, 3.63) is 23.8 Å². The van der Waals surface area contributed by atoms with Gasteiger partial charge in [-0.1, -0.05) is 19.9 Å². The second-order valence-corrected chi connectivity index (χ2v) is 13.0. The van der Waals surface area contributed by atoms with Crippen LogP contribution in [0.5, 0.6) is 0 Å². The number of fused-ring (bicyclic) bond motifs is 5. The highest BCUT2D eigenvalue weighted by Crippen LogP contribution is 2.71. The molecular weight excluding hydrogens is 475 g/mol. The third kappa shape index (κ3) is 3.37. The summed E-state index contributed by atoms with van der Waals surface area (Å²) in [5.41, 5.74) is -6.82. The molecule has 0 amide bonds. The third-order valence-electron chi connectivity index (χ3n) is 9.58. The van der Waals surface area contributed by atoms with Gasteiger partial charge in [0.05, 0.1) is 16.9 Å². The number of carbonyl (C=O) groups is 3. The molecule has 194 valence electrons. The monoisotopic (exact) mass is 510 g/mol. The van der Waals surface area contributed by atoms with E-state index < -0.39 is 75.1 Å². The minimum atomic E-state index is -2.13. The van der Waals surface area contributed by atoms with E-state index in [9.17, 15) is 24.6 Å². The molecule has 9 atom stereocenters. The smallest absolute Gasteiger partial charge is 0.311 e. The van der Waals surface area contributed by atoms with Gasteiger partial charge in [0.15, 0.2) is 18.1 Å². The van der Waals surface area contributed by atoms with Crippen molar-refractivity contribution in [3.8, 4) is 0 Å². The Balaban J connectivity index is 1.72. The van der Waals surface area contributed by atoms with Crippen LogP contribution >= 0.6 is 11.6 Å². The van der Waals surface area contributed by atoms with Gasteiger partial charge in [0, 0.05) is 16.7 Å². The summed E-state index contributed by atoms with van der Waals surface area (Å²) < 4.78 is 22.5. The van der Waals surface area contributed by atoms with Crippen LogP contribution in [-0.2, 0) is 19.1 Å². The molecule has 0 radical (unpaired) electrons. The van der Waals surface area contributed by atoms with Crippen LogP contribution in [0.3, 0.4) is 0 Å². The van der Waals surface area contributed by atoms with Crippen LogP contribution in [0.4, 0.5) is 4.39 Å². The summed E-state index contributed by atoms with van der Waals surface area (Å²) in [4.78, 5) is 37.7. The van der Waals surface area contributed by atoms with Crippen LogP contribution < -0.4 is 0 Å². The van der Waals surface area contributed by atoms with Crippen LogP contribution in [0.25, 0.3) is 0 Å². The van der Waals surface area contributed by atoms with E-state index in [0.717, 1.165) is 0 Å². The molecule has 2 N–H and O–H groups in total. The molecule has 4 aliphatic rings. The number of Topliss-reactive ketones (excluding diaryl/α,β-unsaturated/α-hetero) is 1. The normalized spacial score (nSPS) is 46.9. The number of rotatable bonds is 3. The van der Waals surface area contributed by atoms with E-state index in [2.05, 4.69) is 0 Å². The standard InChI is InChI=1S/C27H36ClFO6/c1-14-9-16-17-11-19(28)18-10-15(30)7-8-24(18,5)26(17,29)20(31)12-25(16,6)27(14,34)21(32)13-35-22(33)23(2,3)4/h7-8,10,14,16-17,19-20,31,34H,9,11-13H2,1-6H3/t14-,16+,17+,19+,20+,24+,25+,26+,27+/m1/s1. The largest absolute Gasteiger partial charge is 0.457 e. The highest BCUT2D eigenvalue weighted by molar-refractivity contribution is 6.23. The van der Waals surface area contributed by atoms with Gasteiger partial charge in [-0.05, 0) is 76.5 Å². The molecule has 0 bridgehead atoms. The summed E-state index contributed by atoms with van der Waals surface area (Å²) in [6, 6.07) is 0. The van der Waals surface area contributed by atoms with Gasteiger partial charge in [-0.25, -0.2) is 4.39 Å². The number of allylic oxidation sites excluding steroid dienone is 4.